The fourth-order valence-corrected chi connectivity index (χ4v) is 5.34. The third-order valence-corrected chi connectivity index (χ3v) is 7.26. The Morgan fingerprint density at radius 1 is 1.03 bits per heavy atom. The van der Waals surface area contributed by atoms with Crippen molar-refractivity contribution in [1.29, 1.82) is 0 Å². The molecule has 4 atom stereocenters. The topological polar surface area (TPSA) is 74.4 Å². The molecule has 7 nitrogen and oxygen atoms in total. The Labute approximate surface area is 202 Å². The third kappa shape index (κ3) is 4.62. The molecule has 2 saturated heterocycles. The Morgan fingerprint density at radius 3 is 2.29 bits per heavy atom. The predicted molar refractivity (Wildman–Crippen MR) is 127 cm³/mol. The molecule has 0 N–H and O–H groups in total. The summed E-state index contributed by atoms with van der Waals surface area (Å²) in [6.07, 6.45) is 2.55. The van der Waals surface area contributed by atoms with E-state index in [1.165, 1.54) is 0 Å². The van der Waals surface area contributed by atoms with Crippen LogP contribution in [0.1, 0.15) is 38.7 Å². The number of quaternary nitrogens is 1. The molecule has 0 aromatic heterocycles. The highest BCUT2D eigenvalue weighted by molar-refractivity contribution is 6.51. The number of benzene rings is 2. The van der Waals surface area contributed by atoms with E-state index in [9.17, 15) is 9.59 Å². The van der Waals surface area contributed by atoms with Crippen molar-refractivity contribution in [3.8, 4) is 0 Å². The van der Waals surface area contributed by atoms with E-state index in [1.807, 2.05) is 67.6 Å². The molecule has 0 spiro atoms. The van der Waals surface area contributed by atoms with Crippen molar-refractivity contribution in [2.45, 2.75) is 56.5 Å². The standard InChI is InChI=1S/C26H30BNO6.H2/c1-26(20-12-7-4-8-13-20)25(32-26)27-33-23(29)16-28(2,17-24(30)34-27)21-14-9-15-22(21)31-18-19-10-5-3-6-11-19;/h3-8,10-13,21-22,25H,2,9,14-18H2,1H3;1H/t21-,22-,25?,26+;/m1./s1. The first-order valence-corrected chi connectivity index (χ1v) is 11.9. The number of rotatable bonds is 6. The lowest BCUT2D eigenvalue weighted by molar-refractivity contribution is -0.899. The highest BCUT2D eigenvalue weighted by Gasteiger charge is 2.65. The lowest BCUT2D eigenvalue weighted by Crippen LogP contribution is -2.61. The molecule has 2 aromatic rings. The first-order valence-electron chi connectivity index (χ1n) is 11.9. The van der Waals surface area contributed by atoms with Crippen molar-refractivity contribution >= 4 is 19.1 Å². The van der Waals surface area contributed by atoms with Gasteiger partial charge in [0.2, 0.25) is 0 Å². The number of epoxide rings is 1. The number of hydrogen-bond acceptors (Lipinski definition) is 6. The molecule has 1 aliphatic carbocycles. The van der Waals surface area contributed by atoms with Gasteiger partial charge in [-0.05, 0) is 37.3 Å². The van der Waals surface area contributed by atoms with Crippen LogP contribution in [-0.4, -0.2) is 54.8 Å². The molecule has 0 bridgehead atoms. The lowest BCUT2D eigenvalue weighted by atomic mass is 9.75. The molecule has 1 unspecified atom stereocenters. The van der Waals surface area contributed by atoms with E-state index in [2.05, 4.69) is 7.05 Å². The molecule has 5 rings (SSSR count). The minimum absolute atomic E-state index is 0. The van der Waals surface area contributed by atoms with Crippen molar-refractivity contribution in [3.63, 3.8) is 0 Å². The molecule has 0 radical (unpaired) electrons. The molecular formula is C26H32BNO6. The second-order valence-corrected chi connectivity index (χ2v) is 9.73. The molecule has 34 heavy (non-hydrogen) atoms. The summed E-state index contributed by atoms with van der Waals surface area (Å²) in [6, 6.07) is 19.0. The van der Waals surface area contributed by atoms with Crippen LogP contribution < -0.4 is 0 Å². The monoisotopic (exact) mass is 465 g/mol. The van der Waals surface area contributed by atoms with Gasteiger partial charge in [-0.3, -0.25) is 0 Å². The van der Waals surface area contributed by atoms with Crippen LogP contribution in [0.15, 0.2) is 60.7 Å². The smallest absolute Gasteiger partial charge is 0.493 e. The van der Waals surface area contributed by atoms with Gasteiger partial charge in [-0.25, -0.2) is 9.59 Å². The van der Waals surface area contributed by atoms with E-state index >= 15 is 0 Å². The van der Waals surface area contributed by atoms with Crippen molar-refractivity contribution < 1.29 is 34.3 Å². The van der Waals surface area contributed by atoms with Gasteiger partial charge < -0.3 is 23.3 Å². The number of carbonyl (C=O) groups excluding carboxylic acids is 2. The first-order chi connectivity index (χ1) is 16.4. The zero-order chi connectivity index (χ0) is 23.8. The molecule has 2 heterocycles. The second kappa shape index (κ2) is 9.17. The van der Waals surface area contributed by atoms with Gasteiger partial charge in [0.15, 0.2) is 19.1 Å². The van der Waals surface area contributed by atoms with E-state index in [-0.39, 0.29) is 31.1 Å². The van der Waals surface area contributed by atoms with Crippen LogP contribution in [0.25, 0.3) is 0 Å². The quantitative estimate of drug-likeness (QED) is 0.282. The van der Waals surface area contributed by atoms with Gasteiger partial charge in [0, 0.05) is 1.43 Å². The Hall–Kier alpha value is -2.68. The second-order valence-electron chi connectivity index (χ2n) is 9.73. The first kappa shape index (κ1) is 23.1. The molecule has 1 saturated carbocycles. The minimum Gasteiger partial charge on any atom is -0.493 e. The van der Waals surface area contributed by atoms with Gasteiger partial charge in [0.1, 0.15) is 11.7 Å². The highest BCUT2D eigenvalue weighted by atomic mass is 16.7. The summed E-state index contributed by atoms with van der Waals surface area (Å²) in [5.74, 6) is -0.903. The van der Waals surface area contributed by atoms with Crippen LogP contribution in [-0.2, 0) is 40.6 Å². The summed E-state index contributed by atoms with van der Waals surface area (Å²) in [5, 5.41) is 0. The molecule has 2 aromatic carbocycles. The van der Waals surface area contributed by atoms with Crippen LogP contribution in [0.3, 0.4) is 0 Å². The Kier molecular flexibility index (Phi) is 6.23. The summed E-state index contributed by atoms with van der Waals surface area (Å²) in [7, 11) is 3.23. The molecule has 0 amide bonds. The number of ether oxygens (including phenoxy) is 2. The van der Waals surface area contributed by atoms with Crippen LogP contribution in [0, 0.1) is 7.05 Å². The van der Waals surface area contributed by atoms with E-state index in [0.717, 1.165) is 30.4 Å². The predicted octanol–water partition coefficient (Wildman–Crippen LogP) is 3.42. The van der Waals surface area contributed by atoms with Crippen molar-refractivity contribution in [2.75, 3.05) is 13.1 Å². The highest BCUT2D eigenvalue weighted by Crippen LogP contribution is 2.47. The Balaban J connectivity index is 0.00000289. The molecule has 3 aliphatic rings. The van der Waals surface area contributed by atoms with Crippen LogP contribution in [0.4, 0.5) is 0 Å². The fourth-order valence-electron chi connectivity index (χ4n) is 5.34. The van der Waals surface area contributed by atoms with Crippen LogP contribution in [0.2, 0.25) is 0 Å². The maximum atomic E-state index is 12.9. The van der Waals surface area contributed by atoms with Crippen LogP contribution >= 0.6 is 0 Å². The summed E-state index contributed by atoms with van der Waals surface area (Å²) in [5.41, 5.74) is 1.37. The van der Waals surface area contributed by atoms with E-state index < -0.39 is 30.7 Å². The van der Waals surface area contributed by atoms with E-state index in [4.69, 9.17) is 18.8 Å². The van der Waals surface area contributed by atoms with Gasteiger partial charge in [-0.1, -0.05) is 60.7 Å². The van der Waals surface area contributed by atoms with Gasteiger partial charge in [-0.2, -0.15) is 0 Å². The van der Waals surface area contributed by atoms with Crippen molar-refractivity contribution in [3.05, 3.63) is 78.8 Å². The normalized spacial score (nSPS) is 30.8. The molecular weight excluding hydrogens is 433 g/mol. The average molecular weight is 465 g/mol. The summed E-state index contributed by atoms with van der Waals surface area (Å²) < 4.78 is 23.3. The van der Waals surface area contributed by atoms with Crippen molar-refractivity contribution in [1.82, 2.24) is 0 Å². The Morgan fingerprint density at radius 2 is 1.65 bits per heavy atom. The van der Waals surface area contributed by atoms with E-state index in [0.29, 0.717) is 6.61 Å². The zero-order valence-electron chi connectivity index (χ0n) is 19.4. The molecule has 8 heteroatoms. The maximum Gasteiger partial charge on any atom is 0.633 e. The average Bonchev–Trinajstić information content (AvgIpc) is 3.28. The minimum atomic E-state index is -1.08. The summed E-state index contributed by atoms with van der Waals surface area (Å²) >= 11 is 0. The molecule has 180 valence electrons. The number of hydrogen-bond donors (Lipinski definition) is 0. The van der Waals surface area contributed by atoms with Gasteiger partial charge in [0.05, 0.1) is 12.6 Å². The lowest BCUT2D eigenvalue weighted by Gasteiger charge is -2.48. The third-order valence-electron chi connectivity index (χ3n) is 7.26. The molecule has 3 fully saturated rings. The summed E-state index contributed by atoms with van der Waals surface area (Å²) in [6.45, 7) is 2.35. The SMILES string of the molecule is [CH2-][N+]1([C@@H]2CCC[C@H]2OCc2ccccc2)CC(=O)OB(C2O[C@@]2(C)c2ccccc2)OC(=O)C1.[HH]. The van der Waals surface area contributed by atoms with Gasteiger partial charge >= 0.3 is 19.1 Å². The number of carbonyl (C=O) groups is 2. The van der Waals surface area contributed by atoms with E-state index in [1.54, 1.807) is 0 Å². The largest absolute Gasteiger partial charge is 0.633 e. The summed E-state index contributed by atoms with van der Waals surface area (Å²) in [4.78, 5) is 25.9. The maximum absolute atomic E-state index is 12.9. The Bertz CT molecular complexity index is 1020. The number of nitrogens with zero attached hydrogens (tertiary/aromatic N) is 1. The van der Waals surface area contributed by atoms with Crippen LogP contribution in [0.5, 0.6) is 0 Å². The fraction of sp³-hybridized carbons (Fsp3) is 0.423. The van der Waals surface area contributed by atoms with Crippen molar-refractivity contribution in [2.24, 2.45) is 0 Å². The van der Waals surface area contributed by atoms with Gasteiger partial charge in [0.25, 0.3) is 0 Å². The van der Waals surface area contributed by atoms with Gasteiger partial charge in [-0.15, -0.1) is 7.05 Å². The molecule has 2 aliphatic heterocycles. The zero-order valence-corrected chi connectivity index (χ0v) is 19.4.